The fourth-order valence-corrected chi connectivity index (χ4v) is 7.08. The molecule has 5 atom stereocenters. The lowest BCUT2D eigenvalue weighted by molar-refractivity contribution is 0.0647. The maximum absolute atomic E-state index is 11.1. The Labute approximate surface area is 209 Å². The second-order valence-electron chi connectivity index (χ2n) is 10.2. The van der Waals surface area contributed by atoms with Crippen LogP contribution in [0, 0.1) is 17.8 Å². The molecule has 1 aliphatic carbocycles. The monoisotopic (exact) mass is 488 g/mol. The van der Waals surface area contributed by atoms with Crippen LogP contribution in [0.5, 0.6) is 0 Å². The van der Waals surface area contributed by atoms with E-state index in [1.807, 2.05) is 6.07 Å². The normalized spacial score (nSPS) is 27.0. The second kappa shape index (κ2) is 9.33. The zero-order chi connectivity index (χ0) is 23.9. The number of nitrogens with two attached hydrogens (primary N) is 1. The molecule has 0 radical (unpaired) electrons. The van der Waals surface area contributed by atoms with Crippen LogP contribution in [0.3, 0.4) is 0 Å². The smallest absolute Gasteiger partial charge is 0.146 e. The second-order valence-corrected chi connectivity index (χ2v) is 11.1. The summed E-state index contributed by atoms with van der Waals surface area (Å²) >= 11 is 1.63. The van der Waals surface area contributed by atoms with E-state index in [1.165, 1.54) is 5.56 Å². The van der Waals surface area contributed by atoms with Crippen molar-refractivity contribution in [2.24, 2.45) is 17.8 Å². The third-order valence-corrected chi connectivity index (χ3v) is 8.92. The van der Waals surface area contributed by atoms with Gasteiger partial charge in [0.25, 0.3) is 0 Å². The summed E-state index contributed by atoms with van der Waals surface area (Å²) in [6.45, 7) is 4.39. The summed E-state index contributed by atoms with van der Waals surface area (Å²) in [6, 6.07) is 10.6. The molecule has 6 rings (SSSR count). The summed E-state index contributed by atoms with van der Waals surface area (Å²) in [4.78, 5) is 13.9. The number of thiazole rings is 1. The topological polar surface area (TPSA) is 102 Å². The molecule has 0 spiro atoms. The summed E-state index contributed by atoms with van der Waals surface area (Å²) in [5.41, 5.74) is 10.5. The van der Waals surface area contributed by atoms with Gasteiger partial charge < -0.3 is 20.7 Å². The molecule has 1 aliphatic heterocycles. The highest BCUT2D eigenvalue weighted by atomic mass is 32.1. The zero-order valence-corrected chi connectivity index (χ0v) is 20.8. The number of aromatic nitrogens is 4. The number of nitrogens with one attached hydrogen (secondary N) is 1. The first-order valence-corrected chi connectivity index (χ1v) is 13.4. The zero-order valence-electron chi connectivity index (χ0n) is 20.0. The number of fused-ring (bicyclic) bond motifs is 1. The minimum atomic E-state index is -0.289. The molecule has 0 bridgehead atoms. The number of anilines is 1. The van der Waals surface area contributed by atoms with Crippen LogP contribution < -0.4 is 11.1 Å². The predicted octanol–water partition coefficient (Wildman–Crippen LogP) is 4.29. The molecule has 1 aromatic carbocycles. The van der Waals surface area contributed by atoms with E-state index in [4.69, 9.17) is 10.7 Å². The van der Waals surface area contributed by atoms with Crippen LogP contribution in [0.2, 0.25) is 0 Å². The maximum Gasteiger partial charge on any atom is 0.146 e. The van der Waals surface area contributed by atoms with Gasteiger partial charge in [0.15, 0.2) is 0 Å². The van der Waals surface area contributed by atoms with E-state index >= 15 is 0 Å². The Morgan fingerprint density at radius 1 is 1.17 bits per heavy atom. The van der Waals surface area contributed by atoms with Gasteiger partial charge in [0.05, 0.1) is 17.2 Å². The summed E-state index contributed by atoms with van der Waals surface area (Å²) in [7, 11) is 0. The van der Waals surface area contributed by atoms with Gasteiger partial charge >= 0.3 is 0 Å². The summed E-state index contributed by atoms with van der Waals surface area (Å²) in [5.74, 6) is 1.92. The number of aliphatic hydroxyl groups excluding tert-OH is 1. The number of hydrogen-bond donors (Lipinski definition) is 3. The van der Waals surface area contributed by atoms with Crippen LogP contribution in [0.25, 0.3) is 21.6 Å². The fourth-order valence-electron chi connectivity index (χ4n) is 6.24. The van der Waals surface area contributed by atoms with Gasteiger partial charge in [-0.15, -0.1) is 11.3 Å². The van der Waals surface area contributed by atoms with Gasteiger partial charge in [0, 0.05) is 29.6 Å². The van der Waals surface area contributed by atoms with Crippen molar-refractivity contribution in [3.8, 4) is 10.6 Å². The molecular formula is C27H32N6OS. The quantitative estimate of drug-likeness (QED) is 0.387. The van der Waals surface area contributed by atoms with Crippen molar-refractivity contribution in [3.05, 3.63) is 59.5 Å². The number of benzene rings is 1. The highest BCUT2D eigenvalue weighted by molar-refractivity contribution is 7.13. The number of aliphatic hydroxyl groups is 1. The molecule has 7 nitrogen and oxygen atoms in total. The summed E-state index contributed by atoms with van der Waals surface area (Å²) in [6.07, 6.45) is 7.03. The number of nitrogen functional groups attached to an aromatic ring is 1. The van der Waals surface area contributed by atoms with Crippen molar-refractivity contribution in [1.29, 1.82) is 0 Å². The van der Waals surface area contributed by atoms with Crippen molar-refractivity contribution in [1.82, 2.24) is 24.8 Å². The Morgan fingerprint density at radius 2 is 2.03 bits per heavy atom. The lowest BCUT2D eigenvalue weighted by atomic mass is 9.76. The van der Waals surface area contributed by atoms with Gasteiger partial charge in [-0.2, -0.15) is 0 Å². The van der Waals surface area contributed by atoms with E-state index in [-0.39, 0.29) is 12.1 Å². The molecule has 4 N–H and O–H groups in total. The van der Waals surface area contributed by atoms with Crippen molar-refractivity contribution >= 4 is 28.2 Å². The minimum Gasteiger partial charge on any atom is -0.393 e. The Balaban J connectivity index is 1.33. The number of hydrogen-bond acceptors (Lipinski definition) is 7. The Kier molecular flexibility index (Phi) is 6.04. The largest absolute Gasteiger partial charge is 0.393 e. The lowest BCUT2D eigenvalue weighted by Crippen LogP contribution is -2.40. The first-order chi connectivity index (χ1) is 17.1. The van der Waals surface area contributed by atoms with E-state index in [1.54, 1.807) is 17.7 Å². The third-order valence-electron chi connectivity index (χ3n) is 8.00. The third kappa shape index (κ3) is 4.24. The van der Waals surface area contributed by atoms with Crippen molar-refractivity contribution in [2.45, 2.75) is 44.8 Å². The molecule has 1 saturated carbocycles. The number of piperidine rings is 1. The lowest BCUT2D eigenvalue weighted by Gasteiger charge is -2.35. The van der Waals surface area contributed by atoms with Crippen LogP contribution in [-0.2, 0) is 6.42 Å². The predicted molar refractivity (Wildman–Crippen MR) is 140 cm³/mol. The van der Waals surface area contributed by atoms with Crippen LogP contribution in [0.15, 0.2) is 48.2 Å². The average Bonchev–Trinajstić information content (AvgIpc) is 3.58. The molecule has 4 aromatic rings. The van der Waals surface area contributed by atoms with E-state index in [0.717, 1.165) is 66.1 Å². The Bertz CT molecular complexity index is 1320. The van der Waals surface area contributed by atoms with Gasteiger partial charge in [0.1, 0.15) is 22.8 Å². The van der Waals surface area contributed by atoms with E-state index < -0.39 is 0 Å². The average molecular weight is 489 g/mol. The number of rotatable bonds is 5. The molecule has 1 saturated heterocycles. The molecule has 0 amide bonds. The van der Waals surface area contributed by atoms with Crippen LogP contribution in [0.1, 0.15) is 43.5 Å². The fraction of sp³-hybridized carbons (Fsp3) is 0.444. The Hall–Kier alpha value is -2.81. The standard InChI is InChI=1S/C27H32N6OS/c1-16-12-29-8-7-20(16)21-10-19(11-23(21)34)33-13-22(24-25(28)30-15-31-26(24)33)27-32-18(14-35-27)9-17-5-3-2-4-6-17/h2-6,13-16,19-21,23,29,34H,7-12H2,1H3,(H2,28,30,31)/t16?,19-,20?,21-,23+/m1/s1. The van der Waals surface area contributed by atoms with Crippen LogP contribution in [0.4, 0.5) is 5.82 Å². The van der Waals surface area contributed by atoms with Crippen molar-refractivity contribution < 1.29 is 5.11 Å². The van der Waals surface area contributed by atoms with Crippen LogP contribution >= 0.6 is 11.3 Å². The van der Waals surface area contributed by atoms with E-state index in [0.29, 0.717) is 23.6 Å². The van der Waals surface area contributed by atoms with Gasteiger partial charge in [0.2, 0.25) is 0 Å². The highest BCUT2D eigenvalue weighted by Crippen LogP contribution is 2.46. The van der Waals surface area contributed by atoms with Gasteiger partial charge in [-0.05, 0) is 55.7 Å². The van der Waals surface area contributed by atoms with E-state index in [9.17, 15) is 5.11 Å². The summed E-state index contributed by atoms with van der Waals surface area (Å²) in [5, 5.41) is 18.5. The van der Waals surface area contributed by atoms with Crippen molar-refractivity contribution in [2.75, 3.05) is 18.8 Å². The Morgan fingerprint density at radius 3 is 2.86 bits per heavy atom. The molecule has 2 aliphatic rings. The first kappa shape index (κ1) is 22.6. The van der Waals surface area contributed by atoms with Crippen molar-refractivity contribution in [3.63, 3.8) is 0 Å². The molecule has 8 heteroatoms. The summed E-state index contributed by atoms with van der Waals surface area (Å²) < 4.78 is 2.23. The van der Waals surface area contributed by atoms with Gasteiger partial charge in [-0.25, -0.2) is 15.0 Å². The van der Waals surface area contributed by atoms with Crippen LogP contribution in [-0.4, -0.2) is 43.8 Å². The molecule has 182 valence electrons. The SMILES string of the molecule is CC1CNCCC1[C@H]1C[C@@H](n2cc(-c3nc(Cc4ccccc4)cs3)c3c(N)ncnc32)C[C@@H]1O. The molecule has 3 aromatic heterocycles. The van der Waals surface area contributed by atoms with Gasteiger partial charge in [-0.3, -0.25) is 0 Å². The molecular weight excluding hydrogens is 456 g/mol. The minimum absolute atomic E-state index is 0.186. The number of nitrogens with zero attached hydrogens (tertiary/aromatic N) is 4. The van der Waals surface area contributed by atoms with Gasteiger partial charge in [-0.1, -0.05) is 37.3 Å². The molecule has 35 heavy (non-hydrogen) atoms. The molecule has 4 heterocycles. The molecule has 2 unspecified atom stereocenters. The maximum atomic E-state index is 11.1. The highest BCUT2D eigenvalue weighted by Gasteiger charge is 2.41. The molecule has 2 fully saturated rings. The van der Waals surface area contributed by atoms with E-state index in [2.05, 4.69) is 62.6 Å². The first-order valence-electron chi connectivity index (χ1n) is 12.6.